The lowest BCUT2D eigenvalue weighted by Crippen LogP contribution is -2.34. The van der Waals surface area contributed by atoms with Crippen molar-refractivity contribution in [2.24, 2.45) is 0 Å². The zero-order valence-electron chi connectivity index (χ0n) is 34.1. The molecule has 14 nitrogen and oxygen atoms in total. The van der Waals surface area contributed by atoms with Crippen LogP contribution in [0.3, 0.4) is 0 Å². The molecule has 0 radical (unpaired) electrons. The molecule has 0 bridgehead atoms. The number of nitrogens with one attached hydrogen (secondary N) is 4. The largest absolute Gasteiger partial charge is 0.492 e. The second-order valence-electron chi connectivity index (χ2n) is 11.7. The Morgan fingerprint density at radius 1 is 0.633 bits per heavy atom. The first-order valence-electron chi connectivity index (χ1n) is 18.0. The van der Waals surface area contributed by atoms with Crippen molar-refractivity contribution in [2.45, 2.75) is 13.8 Å². The average Bonchev–Trinajstić information content (AvgIpc) is 3.26. The lowest BCUT2D eigenvalue weighted by Gasteiger charge is -2.23. The Bertz CT molecular complexity index is 2240. The maximum Gasteiger partial charge on any atom is 0.173 e. The van der Waals surface area contributed by atoms with Crippen LogP contribution in [0.5, 0.6) is 11.5 Å². The molecule has 0 unspecified atom stereocenters. The summed E-state index contributed by atoms with van der Waals surface area (Å²) in [6.07, 6.45) is 2.90. The highest BCUT2D eigenvalue weighted by atomic mass is 35.5. The molecule has 2 heterocycles. The third kappa shape index (κ3) is 12.3. The zero-order chi connectivity index (χ0) is 44.5. The van der Waals surface area contributed by atoms with E-state index in [0.717, 1.165) is 36.4 Å². The molecular formula is C40H46Cl2F2N10O4S2. The predicted molar refractivity (Wildman–Crippen MR) is 247 cm³/mol. The summed E-state index contributed by atoms with van der Waals surface area (Å²) in [4.78, 5) is 21.0. The summed E-state index contributed by atoms with van der Waals surface area (Å²) in [6.45, 7) is 4.83. The van der Waals surface area contributed by atoms with Crippen molar-refractivity contribution in [1.29, 1.82) is 0 Å². The normalized spacial score (nSPS) is 10.1. The minimum atomic E-state index is -0.481. The van der Waals surface area contributed by atoms with E-state index in [4.69, 9.17) is 67.3 Å². The SMILES string of the molecule is CCOc1cc2ncnc(Nc3ccc(F)c(Cl)c3)c2cc1N(C)C(=S)NC.CCOc1cc2ncnc(Nc3ccc(F)c(Cl)c3)c2cc1N(C)C(=S)NC.CO.CO. The van der Waals surface area contributed by atoms with Crippen LogP contribution in [0.1, 0.15) is 13.8 Å². The molecule has 4 aromatic carbocycles. The number of aromatic nitrogens is 4. The Morgan fingerprint density at radius 2 is 1.00 bits per heavy atom. The minimum absolute atomic E-state index is 0.0294. The maximum absolute atomic E-state index is 13.4. The molecule has 6 rings (SSSR count). The van der Waals surface area contributed by atoms with Gasteiger partial charge in [-0.25, -0.2) is 28.7 Å². The lowest BCUT2D eigenvalue weighted by atomic mass is 10.1. The van der Waals surface area contributed by atoms with E-state index in [0.29, 0.717) is 69.0 Å². The number of anilines is 6. The van der Waals surface area contributed by atoms with Crippen LogP contribution in [-0.2, 0) is 0 Å². The summed E-state index contributed by atoms with van der Waals surface area (Å²) >= 11 is 22.5. The van der Waals surface area contributed by atoms with E-state index in [1.807, 2.05) is 62.0 Å². The smallest absolute Gasteiger partial charge is 0.173 e. The standard InChI is InChI=1S/2C19H19ClFN5OS.2CH4O/c2*1-4-27-17-9-15-12(8-16(17)26(3)19(28)22-2)18(24-10-23-15)25-11-5-6-14(21)13(20)7-11;2*1-2/h2*5-10H,4H2,1-3H3,(H,22,28)(H,23,24,25);2*2H,1H3. The number of rotatable bonds is 10. The van der Waals surface area contributed by atoms with Crippen molar-refractivity contribution in [3.05, 3.63) is 95.0 Å². The van der Waals surface area contributed by atoms with E-state index >= 15 is 0 Å². The van der Waals surface area contributed by atoms with Crippen molar-refractivity contribution in [3.8, 4) is 11.5 Å². The zero-order valence-corrected chi connectivity index (χ0v) is 37.2. The fourth-order valence-corrected chi connectivity index (χ4v) is 5.94. The van der Waals surface area contributed by atoms with Gasteiger partial charge < -0.3 is 50.8 Å². The van der Waals surface area contributed by atoms with Crippen LogP contribution in [0.2, 0.25) is 10.0 Å². The highest BCUT2D eigenvalue weighted by Crippen LogP contribution is 2.37. The van der Waals surface area contributed by atoms with Crippen molar-refractivity contribution in [1.82, 2.24) is 30.6 Å². The van der Waals surface area contributed by atoms with Crippen LogP contribution in [0.15, 0.2) is 73.3 Å². The van der Waals surface area contributed by atoms with Gasteiger partial charge in [-0.1, -0.05) is 23.2 Å². The van der Waals surface area contributed by atoms with Crippen molar-refractivity contribution >= 4 is 114 Å². The first-order valence-corrected chi connectivity index (χ1v) is 19.5. The van der Waals surface area contributed by atoms with Gasteiger partial charge in [0.05, 0.1) is 45.7 Å². The van der Waals surface area contributed by atoms with E-state index in [-0.39, 0.29) is 10.0 Å². The predicted octanol–water partition coefficient (Wildman–Crippen LogP) is 8.23. The fraction of sp³-hybridized carbons (Fsp3) is 0.250. The number of hydrogen-bond donors (Lipinski definition) is 6. The third-order valence-corrected chi connectivity index (χ3v) is 9.69. The molecule has 2 aromatic heterocycles. The molecule has 0 amide bonds. The van der Waals surface area contributed by atoms with Gasteiger partial charge in [0.25, 0.3) is 0 Å². The van der Waals surface area contributed by atoms with E-state index < -0.39 is 11.6 Å². The molecule has 0 saturated carbocycles. The molecule has 60 heavy (non-hydrogen) atoms. The van der Waals surface area contributed by atoms with Crippen molar-refractivity contribution < 1.29 is 28.5 Å². The molecule has 20 heteroatoms. The van der Waals surface area contributed by atoms with Gasteiger partial charge in [-0.2, -0.15) is 0 Å². The summed E-state index contributed by atoms with van der Waals surface area (Å²) in [6, 6.07) is 16.3. The van der Waals surface area contributed by atoms with Crippen LogP contribution < -0.4 is 40.5 Å². The van der Waals surface area contributed by atoms with Gasteiger partial charge in [-0.05, 0) is 86.8 Å². The van der Waals surface area contributed by atoms with E-state index in [2.05, 4.69) is 41.2 Å². The second-order valence-corrected chi connectivity index (χ2v) is 13.3. The van der Waals surface area contributed by atoms with Gasteiger partial charge in [0.2, 0.25) is 0 Å². The Hall–Kier alpha value is -5.50. The van der Waals surface area contributed by atoms with Crippen LogP contribution in [0.25, 0.3) is 21.8 Å². The number of thiocarbonyl (C=S) groups is 2. The number of halogens is 4. The molecule has 0 fully saturated rings. The number of aliphatic hydroxyl groups excluding tert-OH is 2. The maximum atomic E-state index is 13.4. The van der Waals surface area contributed by atoms with Crippen LogP contribution in [-0.4, -0.2) is 96.0 Å². The summed E-state index contributed by atoms with van der Waals surface area (Å²) < 4.78 is 38.4. The number of aliphatic hydroxyl groups is 2. The topological polar surface area (TPSA) is 165 Å². The summed E-state index contributed by atoms with van der Waals surface area (Å²) in [7, 11) is 9.21. The number of hydrogen-bond acceptors (Lipinski definition) is 12. The average molecular weight is 904 g/mol. The molecule has 6 aromatic rings. The molecule has 0 aliphatic rings. The minimum Gasteiger partial charge on any atom is -0.492 e. The first-order chi connectivity index (χ1) is 28.9. The van der Waals surface area contributed by atoms with Gasteiger partial charge in [-0.15, -0.1) is 0 Å². The highest BCUT2D eigenvalue weighted by Gasteiger charge is 2.18. The number of fused-ring (bicyclic) bond motifs is 2. The first kappa shape index (κ1) is 48.9. The van der Waals surface area contributed by atoms with Crippen molar-refractivity contribution in [2.75, 3.05) is 76.1 Å². The third-order valence-electron chi connectivity index (χ3n) is 8.16. The summed E-state index contributed by atoms with van der Waals surface area (Å²) in [5.41, 5.74) is 4.15. The van der Waals surface area contributed by atoms with E-state index in [9.17, 15) is 8.78 Å². The monoisotopic (exact) mass is 902 g/mol. The lowest BCUT2D eigenvalue weighted by molar-refractivity contribution is 0.341. The van der Waals surface area contributed by atoms with Gasteiger partial charge >= 0.3 is 0 Å². The summed E-state index contributed by atoms with van der Waals surface area (Å²) in [5, 5.41) is 28.9. The van der Waals surface area contributed by atoms with Gasteiger partial charge in [0.1, 0.15) is 47.4 Å². The Morgan fingerprint density at radius 3 is 1.32 bits per heavy atom. The Kier molecular flexibility index (Phi) is 19.5. The van der Waals surface area contributed by atoms with Crippen LogP contribution in [0, 0.1) is 11.6 Å². The molecule has 0 saturated heterocycles. The molecule has 0 aliphatic heterocycles. The number of benzene rings is 4. The highest BCUT2D eigenvalue weighted by molar-refractivity contribution is 7.80. The van der Waals surface area contributed by atoms with Crippen molar-refractivity contribution in [3.63, 3.8) is 0 Å². The van der Waals surface area contributed by atoms with Crippen LogP contribution >= 0.6 is 47.6 Å². The molecular weight excluding hydrogens is 858 g/mol. The molecule has 0 atom stereocenters. The van der Waals surface area contributed by atoms with Gasteiger partial charge in [0, 0.05) is 76.7 Å². The molecule has 6 N–H and O–H groups in total. The second kappa shape index (κ2) is 23.9. The molecule has 320 valence electrons. The van der Waals surface area contributed by atoms with Gasteiger partial charge in [0.15, 0.2) is 10.2 Å². The quantitative estimate of drug-likeness (QED) is 0.0728. The Balaban J connectivity index is 0.000000296. The van der Waals surface area contributed by atoms with E-state index in [1.165, 1.54) is 36.9 Å². The Labute approximate surface area is 367 Å². The number of ether oxygens (including phenoxy) is 2. The molecule has 0 spiro atoms. The van der Waals surface area contributed by atoms with Gasteiger partial charge in [-0.3, -0.25) is 0 Å². The molecule has 0 aliphatic carbocycles. The van der Waals surface area contributed by atoms with Crippen LogP contribution in [0.4, 0.5) is 43.2 Å². The van der Waals surface area contributed by atoms with E-state index in [1.54, 1.807) is 26.2 Å². The fourth-order valence-electron chi connectivity index (χ4n) is 5.39. The summed E-state index contributed by atoms with van der Waals surface area (Å²) in [5.74, 6) is 1.46. The number of nitrogens with zero attached hydrogens (tertiary/aromatic N) is 6.